The zero-order valence-electron chi connectivity index (χ0n) is 7.40. The quantitative estimate of drug-likeness (QED) is 0.760. The number of carboxylic acids is 1. The fraction of sp³-hybridized carbons (Fsp3) is 0.222. The minimum absolute atomic E-state index is 0.0440. The predicted molar refractivity (Wildman–Crippen MR) is 52.0 cm³/mol. The van der Waals surface area contributed by atoms with Gasteiger partial charge in [-0.2, -0.15) is 0 Å². The van der Waals surface area contributed by atoms with E-state index in [1.807, 2.05) is 0 Å². The third kappa shape index (κ3) is 3.15. The molecule has 4 nitrogen and oxygen atoms in total. The van der Waals surface area contributed by atoms with Crippen LogP contribution in [-0.4, -0.2) is 11.1 Å². The van der Waals surface area contributed by atoms with Crippen LogP contribution >= 0.6 is 8.69 Å². The van der Waals surface area contributed by atoms with Crippen LogP contribution in [0.2, 0.25) is 0 Å². The highest BCUT2D eigenvalue weighted by Crippen LogP contribution is 2.22. The molecule has 0 aliphatic heterocycles. The van der Waals surface area contributed by atoms with Gasteiger partial charge in [-0.05, 0) is 17.1 Å². The highest BCUT2D eigenvalue weighted by Gasteiger charge is 2.07. The average Bonchev–Trinajstić information content (AvgIpc) is 2.17. The number of rotatable bonds is 5. The summed E-state index contributed by atoms with van der Waals surface area (Å²) in [6.07, 6.45) is 0.429. The third-order valence-electron chi connectivity index (χ3n) is 1.73. The Balaban J connectivity index is 2.73. The second-order valence-corrected chi connectivity index (χ2v) is 3.06. The maximum Gasteiger partial charge on any atom is 0.542 e. The van der Waals surface area contributed by atoms with Crippen molar-refractivity contribution in [2.45, 2.75) is 12.8 Å². The van der Waals surface area contributed by atoms with E-state index in [-0.39, 0.29) is 6.42 Å². The first kappa shape index (κ1) is 10.7. The van der Waals surface area contributed by atoms with Crippen molar-refractivity contribution < 1.29 is 19.0 Å². The van der Waals surface area contributed by atoms with Gasteiger partial charge in [0.2, 0.25) is 0 Å². The van der Waals surface area contributed by atoms with Crippen molar-refractivity contribution in [3.05, 3.63) is 29.8 Å². The summed E-state index contributed by atoms with van der Waals surface area (Å²) in [7, 11) is -0.867. The topological polar surface area (TPSA) is 63.6 Å². The Morgan fingerprint density at radius 1 is 1.43 bits per heavy atom. The highest BCUT2D eigenvalue weighted by atomic mass is 31.1. The summed E-state index contributed by atoms with van der Waals surface area (Å²) in [6.45, 7) is 0. The van der Waals surface area contributed by atoms with Crippen molar-refractivity contribution in [1.29, 1.82) is 0 Å². The van der Waals surface area contributed by atoms with Crippen molar-refractivity contribution in [2.24, 2.45) is 0 Å². The number of carboxylic acid groups (broad SMARTS) is 1. The highest BCUT2D eigenvalue weighted by molar-refractivity contribution is 7.17. The van der Waals surface area contributed by atoms with Crippen LogP contribution in [0.4, 0.5) is 0 Å². The molecule has 1 atom stereocenters. The molecule has 1 aromatic rings. The Kier molecular flexibility index (Phi) is 4.08. The standard InChI is InChI=1S/C9H9O4P/c10-9(11)6-5-7-3-1-2-4-8(7)13-14-12/h1-4,14H,5-6H2/p+1. The Morgan fingerprint density at radius 3 is 2.79 bits per heavy atom. The predicted octanol–water partition coefficient (Wildman–Crippen LogP) is 2.02. The molecule has 1 N–H and O–H groups in total. The number of aliphatic carboxylic acids is 1. The molecule has 0 spiro atoms. The Morgan fingerprint density at radius 2 is 2.14 bits per heavy atom. The monoisotopic (exact) mass is 213 g/mol. The maximum atomic E-state index is 10.3. The first-order valence-electron chi connectivity index (χ1n) is 4.07. The minimum atomic E-state index is -0.867. The minimum Gasteiger partial charge on any atom is -0.481 e. The van der Waals surface area contributed by atoms with Gasteiger partial charge in [-0.3, -0.25) is 9.32 Å². The molecule has 74 valence electrons. The molecule has 1 unspecified atom stereocenters. The molecule has 0 fully saturated rings. The SMILES string of the molecule is O=[PH+]Oc1ccccc1CCC(=O)O. The second kappa shape index (κ2) is 5.35. The van der Waals surface area contributed by atoms with Crippen LogP contribution in [0.3, 0.4) is 0 Å². The van der Waals surface area contributed by atoms with Crippen molar-refractivity contribution >= 4 is 14.7 Å². The van der Waals surface area contributed by atoms with Crippen molar-refractivity contribution in [3.63, 3.8) is 0 Å². The summed E-state index contributed by atoms with van der Waals surface area (Å²) in [6, 6.07) is 6.97. The van der Waals surface area contributed by atoms with Crippen LogP contribution in [-0.2, 0) is 15.8 Å². The normalized spacial score (nSPS) is 10.0. The lowest BCUT2D eigenvalue weighted by Gasteiger charge is -2.00. The van der Waals surface area contributed by atoms with E-state index in [2.05, 4.69) is 0 Å². The number of benzene rings is 1. The largest absolute Gasteiger partial charge is 0.542 e. The Labute approximate surface area is 82.8 Å². The molecule has 0 amide bonds. The summed E-state index contributed by atoms with van der Waals surface area (Å²) in [5.74, 6) is -0.369. The number of hydrogen-bond donors (Lipinski definition) is 1. The fourth-order valence-corrected chi connectivity index (χ4v) is 1.39. The summed E-state index contributed by atoms with van der Waals surface area (Å²) in [4.78, 5) is 10.3. The molecule has 0 aliphatic carbocycles. The number of carbonyl (C=O) groups is 1. The Bertz CT molecular complexity index is 337. The van der Waals surface area contributed by atoms with E-state index in [1.54, 1.807) is 24.3 Å². The third-order valence-corrected chi connectivity index (χ3v) is 2.04. The van der Waals surface area contributed by atoms with Gasteiger partial charge in [0.15, 0.2) is 5.75 Å². The van der Waals surface area contributed by atoms with Gasteiger partial charge in [-0.25, -0.2) is 0 Å². The van der Waals surface area contributed by atoms with Gasteiger partial charge in [0.1, 0.15) is 0 Å². The van der Waals surface area contributed by atoms with E-state index < -0.39 is 14.7 Å². The van der Waals surface area contributed by atoms with E-state index in [0.717, 1.165) is 5.56 Å². The van der Waals surface area contributed by atoms with Gasteiger partial charge in [0.05, 0.1) is 0 Å². The van der Waals surface area contributed by atoms with Crippen LogP contribution in [0, 0.1) is 0 Å². The molecule has 0 saturated carbocycles. The van der Waals surface area contributed by atoms with Gasteiger partial charge in [0, 0.05) is 12.0 Å². The lowest BCUT2D eigenvalue weighted by atomic mass is 10.1. The number of para-hydroxylation sites is 1. The molecule has 0 aromatic heterocycles. The van der Waals surface area contributed by atoms with Gasteiger partial charge in [0.25, 0.3) is 0 Å². The molecule has 0 radical (unpaired) electrons. The van der Waals surface area contributed by atoms with E-state index in [0.29, 0.717) is 12.2 Å². The summed E-state index contributed by atoms with van der Waals surface area (Å²) < 4.78 is 15.1. The summed E-state index contributed by atoms with van der Waals surface area (Å²) in [5.41, 5.74) is 0.762. The zero-order valence-corrected chi connectivity index (χ0v) is 8.40. The zero-order chi connectivity index (χ0) is 10.4. The van der Waals surface area contributed by atoms with Crippen LogP contribution in [0.1, 0.15) is 12.0 Å². The number of aryl methyl sites for hydroxylation is 1. The van der Waals surface area contributed by atoms with Crippen molar-refractivity contribution in [1.82, 2.24) is 0 Å². The molecule has 0 bridgehead atoms. The lowest BCUT2D eigenvalue weighted by molar-refractivity contribution is -0.136. The van der Waals surface area contributed by atoms with E-state index >= 15 is 0 Å². The fourth-order valence-electron chi connectivity index (χ4n) is 1.10. The van der Waals surface area contributed by atoms with Gasteiger partial charge in [-0.1, -0.05) is 18.2 Å². The molecule has 0 aliphatic rings. The second-order valence-electron chi connectivity index (χ2n) is 2.69. The molecular formula is C9H10O4P+. The van der Waals surface area contributed by atoms with Crippen LogP contribution in [0.5, 0.6) is 5.75 Å². The van der Waals surface area contributed by atoms with Crippen molar-refractivity contribution in [2.75, 3.05) is 0 Å². The van der Waals surface area contributed by atoms with Gasteiger partial charge >= 0.3 is 14.7 Å². The molecule has 0 saturated heterocycles. The smallest absolute Gasteiger partial charge is 0.481 e. The first-order valence-corrected chi connectivity index (χ1v) is 4.89. The van der Waals surface area contributed by atoms with E-state index in [9.17, 15) is 9.36 Å². The average molecular weight is 213 g/mol. The summed E-state index contributed by atoms with van der Waals surface area (Å²) >= 11 is 0. The first-order chi connectivity index (χ1) is 6.74. The molecular weight excluding hydrogens is 203 g/mol. The molecule has 0 heterocycles. The molecule has 1 rings (SSSR count). The molecule has 5 heteroatoms. The summed E-state index contributed by atoms with van der Waals surface area (Å²) in [5, 5.41) is 8.49. The Hall–Kier alpha value is -1.41. The maximum absolute atomic E-state index is 10.3. The number of hydrogen-bond acceptors (Lipinski definition) is 3. The van der Waals surface area contributed by atoms with Gasteiger partial charge < -0.3 is 5.11 Å². The van der Waals surface area contributed by atoms with Crippen molar-refractivity contribution in [3.8, 4) is 5.75 Å². The van der Waals surface area contributed by atoms with Crippen LogP contribution in [0.15, 0.2) is 24.3 Å². The van der Waals surface area contributed by atoms with Gasteiger partial charge in [-0.15, -0.1) is 0 Å². The van der Waals surface area contributed by atoms with E-state index in [4.69, 9.17) is 9.63 Å². The van der Waals surface area contributed by atoms with Crippen LogP contribution in [0.25, 0.3) is 0 Å². The molecule has 14 heavy (non-hydrogen) atoms. The molecule has 1 aromatic carbocycles. The van der Waals surface area contributed by atoms with Crippen LogP contribution < -0.4 is 4.52 Å². The lowest BCUT2D eigenvalue weighted by Crippen LogP contribution is -1.98. The van der Waals surface area contributed by atoms with E-state index in [1.165, 1.54) is 0 Å².